The Balaban J connectivity index is 3.39. The Bertz CT molecular complexity index is 442. The lowest BCUT2D eigenvalue weighted by Gasteiger charge is -2.16. The van der Waals surface area contributed by atoms with Gasteiger partial charge in [-0.05, 0) is 0 Å². The highest BCUT2D eigenvalue weighted by Gasteiger charge is 2.41. The molecule has 0 fully saturated rings. The third-order valence-corrected chi connectivity index (χ3v) is 2.01. The molecule has 0 spiro atoms. The van der Waals surface area contributed by atoms with E-state index in [1.165, 1.54) is 0 Å². The van der Waals surface area contributed by atoms with Crippen molar-refractivity contribution < 1.29 is 35.5 Å². The van der Waals surface area contributed by atoms with Crippen molar-refractivity contribution >= 4 is 11.6 Å². The van der Waals surface area contributed by atoms with E-state index in [1.54, 1.807) is 0 Å². The first-order chi connectivity index (χ1) is 8.06. The monoisotopic (exact) mass is 297 g/mol. The average Bonchev–Trinajstić information content (AvgIpc) is 2.16. The molecule has 1 aromatic heterocycles. The number of ether oxygens (including phenoxy) is 1. The molecule has 0 saturated heterocycles. The molecule has 1 rings (SSSR count). The number of halogens is 8. The van der Waals surface area contributed by atoms with Gasteiger partial charge in [-0.15, -0.1) is 24.8 Å². The number of nitrogens with zero attached hydrogens (tertiary/aromatic N) is 1. The van der Waals surface area contributed by atoms with E-state index in [9.17, 15) is 30.7 Å². The lowest BCUT2D eigenvalue weighted by Crippen LogP contribution is -2.21. The van der Waals surface area contributed by atoms with E-state index >= 15 is 0 Å². The zero-order valence-electron chi connectivity index (χ0n) is 8.16. The van der Waals surface area contributed by atoms with Crippen LogP contribution in [0.1, 0.15) is 11.1 Å². The largest absolute Gasteiger partial charge is 0.573 e. The number of pyridine rings is 1. The highest BCUT2D eigenvalue weighted by Crippen LogP contribution is 2.39. The summed E-state index contributed by atoms with van der Waals surface area (Å²) in [7, 11) is 0. The van der Waals surface area contributed by atoms with Gasteiger partial charge in [-0.1, -0.05) is 0 Å². The van der Waals surface area contributed by atoms with Crippen LogP contribution in [0.3, 0.4) is 0 Å². The van der Waals surface area contributed by atoms with Crippen molar-refractivity contribution in [2.75, 3.05) is 0 Å². The Labute approximate surface area is 100 Å². The van der Waals surface area contributed by atoms with Crippen molar-refractivity contribution in [3.63, 3.8) is 0 Å². The Morgan fingerprint density at radius 2 is 1.72 bits per heavy atom. The molecule has 0 aromatic carbocycles. The fourth-order valence-corrected chi connectivity index (χ4v) is 1.40. The first-order valence-electron chi connectivity index (χ1n) is 4.12. The minimum absolute atomic E-state index is 0.190. The lowest BCUT2D eigenvalue weighted by atomic mass is 10.1. The summed E-state index contributed by atoms with van der Waals surface area (Å²) in [5.74, 6) is -4.27. The second-order valence-electron chi connectivity index (χ2n) is 2.95. The van der Waals surface area contributed by atoms with Crippen LogP contribution in [0.5, 0.6) is 5.75 Å². The summed E-state index contributed by atoms with van der Waals surface area (Å²) in [5.41, 5.74) is -3.13. The molecule has 0 aliphatic rings. The third kappa shape index (κ3) is 3.37. The maximum atomic E-state index is 12.9. The second kappa shape index (κ2) is 4.79. The molecule has 0 aliphatic heterocycles. The van der Waals surface area contributed by atoms with E-state index in [0.29, 0.717) is 0 Å². The summed E-state index contributed by atoms with van der Waals surface area (Å²) in [4.78, 5) is 2.57. The number of hydrogen-bond acceptors (Lipinski definition) is 2. The number of hydrogen-bond donors (Lipinski definition) is 0. The molecule has 0 N–H and O–H groups in total. The van der Waals surface area contributed by atoms with Crippen LogP contribution in [0.15, 0.2) is 6.20 Å². The standard InChI is InChI=1S/C8H3ClF7NO/c9-1-3-4(18-8(14,15)16)2-17-6(10)5(3)7(11,12)13/h2H,1H2. The Morgan fingerprint density at radius 1 is 1.17 bits per heavy atom. The van der Waals surface area contributed by atoms with E-state index in [1.807, 2.05) is 0 Å². The van der Waals surface area contributed by atoms with Gasteiger partial charge in [-0.3, -0.25) is 0 Å². The molecule has 0 bridgehead atoms. The van der Waals surface area contributed by atoms with Crippen LogP contribution in [-0.2, 0) is 12.1 Å². The van der Waals surface area contributed by atoms with Crippen molar-refractivity contribution in [3.05, 3.63) is 23.3 Å². The van der Waals surface area contributed by atoms with Crippen LogP contribution in [0.4, 0.5) is 30.7 Å². The van der Waals surface area contributed by atoms with Crippen LogP contribution in [0.25, 0.3) is 0 Å². The number of rotatable bonds is 2. The molecule has 0 saturated carbocycles. The molecule has 102 valence electrons. The molecule has 0 amide bonds. The molecule has 0 radical (unpaired) electrons. The van der Waals surface area contributed by atoms with Gasteiger partial charge in [0.15, 0.2) is 5.75 Å². The van der Waals surface area contributed by atoms with Crippen molar-refractivity contribution in [1.82, 2.24) is 4.98 Å². The third-order valence-electron chi connectivity index (χ3n) is 1.74. The summed E-state index contributed by atoms with van der Waals surface area (Å²) < 4.78 is 89.3. The van der Waals surface area contributed by atoms with Gasteiger partial charge in [0, 0.05) is 5.56 Å². The van der Waals surface area contributed by atoms with Gasteiger partial charge in [0.1, 0.15) is 5.56 Å². The quantitative estimate of drug-likeness (QED) is 0.469. The minimum atomic E-state index is -5.23. The van der Waals surface area contributed by atoms with Gasteiger partial charge in [-0.2, -0.15) is 17.6 Å². The molecule has 18 heavy (non-hydrogen) atoms. The van der Waals surface area contributed by atoms with Gasteiger partial charge in [0.2, 0.25) is 5.95 Å². The highest BCUT2D eigenvalue weighted by atomic mass is 35.5. The Kier molecular flexibility index (Phi) is 3.94. The van der Waals surface area contributed by atoms with Gasteiger partial charge < -0.3 is 4.74 Å². The maximum absolute atomic E-state index is 12.9. The second-order valence-corrected chi connectivity index (χ2v) is 3.21. The van der Waals surface area contributed by atoms with Crippen LogP contribution in [0.2, 0.25) is 0 Å². The van der Waals surface area contributed by atoms with Crippen LogP contribution in [-0.4, -0.2) is 11.3 Å². The molecule has 1 heterocycles. The van der Waals surface area contributed by atoms with Crippen LogP contribution < -0.4 is 4.74 Å². The molecule has 1 aromatic rings. The van der Waals surface area contributed by atoms with Crippen molar-refractivity contribution in [2.45, 2.75) is 18.4 Å². The topological polar surface area (TPSA) is 22.1 Å². The Morgan fingerprint density at radius 3 is 2.11 bits per heavy atom. The highest BCUT2D eigenvalue weighted by molar-refractivity contribution is 6.17. The number of aromatic nitrogens is 1. The van der Waals surface area contributed by atoms with Crippen LogP contribution in [0, 0.1) is 5.95 Å². The summed E-state index contributed by atoms with van der Waals surface area (Å²) in [6.07, 6.45) is -10.3. The smallest absolute Gasteiger partial charge is 0.404 e. The van der Waals surface area contributed by atoms with E-state index in [2.05, 4.69) is 9.72 Å². The maximum Gasteiger partial charge on any atom is 0.573 e. The fraction of sp³-hybridized carbons (Fsp3) is 0.375. The van der Waals surface area contributed by atoms with Crippen molar-refractivity contribution in [3.8, 4) is 5.75 Å². The van der Waals surface area contributed by atoms with Gasteiger partial charge in [0.05, 0.1) is 12.1 Å². The molecule has 0 aliphatic carbocycles. The molecule has 2 nitrogen and oxygen atoms in total. The van der Waals surface area contributed by atoms with E-state index in [-0.39, 0.29) is 6.20 Å². The minimum Gasteiger partial charge on any atom is -0.404 e. The van der Waals surface area contributed by atoms with Crippen molar-refractivity contribution in [1.29, 1.82) is 0 Å². The van der Waals surface area contributed by atoms with Gasteiger partial charge >= 0.3 is 12.5 Å². The fourth-order valence-electron chi connectivity index (χ4n) is 1.14. The predicted octanol–water partition coefficient (Wildman–Crippen LogP) is 3.88. The van der Waals surface area contributed by atoms with Crippen molar-refractivity contribution in [2.24, 2.45) is 0 Å². The van der Waals surface area contributed by atoms with Gasteiger partial charge in [0.25, 0.3) is 0 Å². The van der Waals surface area contributed by atoms with Gasteiger partial charge in [-0.25, -0.2) is 4.98 Å². The molecular weight excluding hydrogens is 295 g/mol. The van der Waals surface area contributed by atoms with E-state index < -0.39 is 41.2 Å². The summed E-state index contributed by atoms with van der Waals surface area (Å²) in [6.45, 7) is 0. The summed E-state index contributed by atoms with van der Waals surface area (Å²) in [6, 6.07) is 0. The summed E-state index contributed by atoms with van der Waals surface area (Å²) >= 11 is 5.10. The van der Waals surface area contributed by atoms with E-state index in [0.717, 1.165) is 0 Å². The summed E-state index contributed by atoms with van der Waals surface area (Å²) in [5, 5.41) is 0. The molecule has 0 unspecified atom stereocenters. The normalized spacial score (nSPS) is 12.7. The zero-order chi connectivity index (χ0) is 14.1. The first kappa shape index (κ1) is 14.8. The molecule has 10 heteroatoms. The zero-order valence-corrected chi connectivity index (χ0v) is 8.92. The first-order valence-corrected chi connectivity index (χ1v) is 4.66. The molecule has 0 atom stereocenters. The average molecular weight is 298 g/mol. The van der Waals surface area contributed by atoms with Crippen LogP contribution >= 0.6 is 11.6 Å². The predicted molar refractivity (Wildman–Crippen MR) is 45.4 cm³/mol. The number of alkyl halides is 7. The SMILES string of the molecule is Fc1ncc(OC(F)(F)F)c(CCl)c1C(F)(F)F. The lowest BCUT2D eigenvalue weighted by molar-refractivity contribution is -0.275. The van der Waals surface area contributed by atoms with E-state index in [4.69, 9.17) is 11.6 Å². The Hall–Kier alpha value is -1.25. The molecular formula is C8H3ClF7NO.